The number of likely N-dealkylation sites (tertiary alicyclic amines) is 1. The van der Waals surface area contributed by atoms with Gasteiger partial charge in [0.1, 0.15) is 0 Å². The Labute approximate surface area is 141 Å². The largest absolute Gasteiger partial charge is 0.356 e. The lowest BCUT2D eigenvalue weighted by Gasteiger charge is -2.29. The highest BCUT2D eigenvalue weighted by Gasteiger charge is 2.33. The van der Waals surface area contributed by atoms with Crippen molar-refractivity contribution in [2.24, 2.45) is 16.8 Å². The van der Waals surface area contributed by atoms with Gasteiger partial charge in [0, 0.05) is 26.2 Å². The molecule has 2 aliphatic rings. The number of aliphatic imine (C=N–C) groups is 1. The van der Waals surface area contributed by atoms with Gasteiger partial charge in [-0.1, -0.05) is 20.3 Å². The van der Waals surface area contributed by atoms with Gasteiger partial charge in [-0.3, -0.25) is 4.99 Å². The predicted octanol–water partition coefficient (Wildman–Crippen LogP) is 2.30. The average Bonchev–Trinajstić information content (AvgIpc) is 3.11. The minimum Gasteiger partial charge on any atom is -0.356 e. The molecule has 0 amide bonds. The molecule has 0 aromatic rings. The molecule has 4 nitrogen and oxygen atoms in total. The zero-order valence-corrected chi connectivity index (χ0v) is 15.5. The van der Waals surface area contributed by atoms with Crippen molar-refractivity contribution in [1.29, 1.82) is 0 Å². The van der Waals surface area contributed by atoms with Crippen LogP contribution in [0, 0.1) is 11.8 Å². The van der Waals surface area contributed by atoms with E-state index in [2.05, 4.69) is 34.4 Å². The maximum Gasteiger partial charge on any atom is 0.191 e. The summed E-state index contributed by atoms with van der Waals surface area (Å²) in [4.78, 5) is 6.91. The van der Waals surface area contributed by atoms with E-state index in [0.717, 1.165) is 18.4 Å². The minimum absolute atomic E-state index is 0. The molecule has 2 rings (SSSR count). The molecule has 0 aromatic heterocycles. The SMILES string of the molecule is CN=C(NCC(C)CN1CCCCC1)NC1CC1C.I. The number of rotatable bonds is 5. The van der Waals surface area contributed by atoms with Crippen LogP contribution in [0.25, 0.3) is 0 Å². The van der Waals surface area contributed by atoms with Gasteiger partial charge in [0.2, 0.25) is 0 Å². The van der Waals surface area contributed by atoms with E-state index in [0.29, 0.717) is 12.0 Å². The van der Waals surface area contributed by atoms with Crippen molar-refractivity contribution in [2.75, 3.05) is 33.2 Å². The van der Waals surface area contributed by atoms with Crippen LogP contribution in [-0.2, 0) is 0 Å². The highest BCUT2D eigenvalue weighted by molar-refractivity contribution is 14.0. The van der Waals surface area contributed by atoms with Crippen molar-refractivity contribution < 1.29 is 0 Å². The Bertz CT molecular complexity index is 302. The Morgan fingerprint density at radius 3 is 2.50 bits per heavy atom. The highest BCUT2D eigenvalue weighted by atomic mass is 127. The molecule has 1 saturated carbocycles. The maximum atomic E-state index is 4.30. The normalized spacial score (nSPS) is 28.4. The molecular formula is C15H31IN4. The summed E-state index contributed by atoms with van der Waals surface area (Å²) >= 11 is 0. The van der Waals surface area contributed by atoms with Crippen LogP contribution < -0.4 is 10.6 Å². The Kier molecular flexibility index (Phi) is 8.17. The van der Waals surface area contributed by atoms with Crippen LogP contribution in [0.4, 0.5) is 0 Å². The number of hydrogen-bond donors (Lipinski definition) is 2. The molecule has 3 unspecified atom stereocenters. The van der Waals surface area contributed by atoms with Crippen molar-refractivity contribution in [3.05, 3.63) is 0 Å². The highest BCUT2D eigenvalue weighted by Crippen LogP contribution is 2.28. The number of nitrogens with zero attached hydrogens (tertiary/aromatic N) is 2. The third-order valence-electron chi connectivity index (χ3n) is 4.29. The monoisotopic (exact) mass is 394 g/mol. The molecular weight excluding hydrogens is 363 g/mol. The van der Waals surface area contributed by atoms with Gasteiger partial charge in [0.15, 0.2) is 5.96 Å². The first-order valence-corrected chi connectivity index (χ1v) is 7.88. The Hall–Kier alpha value is -0.0400. The first-order valence-electron chi connectivity index (χ1n) is 7.88. The molecule has 2 fully saturated rings. The van der Waals surface area contributed by atoms with E-state index in [1.54, 1.807) is 0 Å². The van der Waals surface area contributed by atoms with Crippen molar-refractivity contribution in [2.45, 2.75) is 45.6 Å². The summed E-state index contributed by atoms with van der Waals surface area (Å²) in [5.74, 6) is 2.46. The molecule has 1 saturated heterocycles. The minimum atomic E-state index is 0. The molecule has 0 bridgehead atoms. The smallest absolute Gasteiger partial charge is 0.191 e. The van der Waals surface area contributed by atoms with E-state index in [1.807, 2.05) is 7.05 Å². The summed E-state index contributed by atoms with van der Waals surface area (Å²) in [6.45, 7) is 9.41. The fourth-order valence-corrected chi connectivity index (χ4v) is 2.81. The van der Waals surface area contributed by atoms with E-state index in [9.17, 15) is 0 Å². The molecule has 1 aliphatic carbocycles. The first kappa shape index (κ1) is 18.0. The van der Waals surface area contributed by atoms with Gasteiger partial charge in [-0.05, 0) is 44.2 Å². The average molecular weight is 394 g/mol. The van der Waals surface area contributed by atoms with Gasteiger partial charge >= 0.3 is 0 Å². The van der Waals surface area contributed by atoms with Gasteiger partial charge in [0.25, 0.3) is 0 Å². The number of nitrogens with one attached hydrogen (secondary N) is 2. The molecule has 5 heteroatoms. The molecule has 3 atom stereocenters. The van der Waals surface area contributed by atoms with Crippen molar-refractivity contribution in [3.8, 4) is 0 Å². The second-order valence-corrected chi connectivity index (χ2v) is 6.38. The third-order valence-corrected chi connectivity index (χ3v) is 4.29. The summed E-state index contributed by atoms with van der Waals surface area (Å²) in [5.41, 5.74) is 0. The number of piperidine rings is 1. The molecule has 0 aromatic carbocycles. The Morgan fingerprint density at radius 1 is 1.30 bits per heavy atom. The van der Waals surface area contributed by atoms with E-state index < -0.39 is 0 Å². The molecule has 2 N–H and O–H groups in total. The van der Waals surface area contributed by atoms with Crippen LogP contribution in [0.3, 0.4) is 0 Å². The lowest BCUT2D eigenvalue weighted by atomic mass is 10.1. The summed E-state index contributed by atoms with van der Waals surface area (Å²) in [5, 5.41) is 6.94. The molecule has 1 aliphatic heterocycles. The van der Waals surface area contributed by atoms with Crippen LogP contribution in [0.1, 0.15) is 39.5 Å². The molecule has 1 heterocycles. The number of hydrogen-bond acceptors (Lipinski definition) is 2. The van der Waals surface area contributed by atoms with Gasteiger partial charge in [-0.25, -0.2) is 0 Å². The third kappa shape index (κ3) is 6.16. The van der Waals surface area contributed by atoms with E-state index in [-0.39, 0.29) is 24.0 Å². The number of guanidine groups is 1. The van der Waals surface area contributed by atoms with Crippen LogP contribution in [0.5, 0.6) is 0 Å². The van der Waals surface area contributed by atoms with Crippen molar-refractivity contribution in [1.82, 2.24) is 15.5 Å². The van der Waals surface area contributed by atoms with E-state index >= 15 is 0 Å². The fourth-order valence-electron chi connectivity index (χ4n) is 2.81. The Morgan fingerprint density at radius 2 is 1.95 bits per heavy atom. The lowest BCUT2D eigenvalue weighted by molar-refractivity contribution is 0.201. The quantitative estimate of drug-likeness (QED) is 0.427. The molecule has 118 valence electrons. The second kappa shape index (κ2) is 9.07. The zero-order chi connectivity index (χ0) is 13.7. The standard InChI is InChI=1S/C15H30N4.HI/c1-12(11-19-7-5-4-6-8-19)10-17-15(16-3)18-14-9-13(14)2;/h12-14H,4-11H2,1-3H3,(H2,16,17,18);1H. The molecule has 0 radical (unpaired) electrons. The first-order chi connectivity index (χ1) is 9.19. The van der Waals surface area contributed by atoms with E-state index in [1.165, 1.54) is 45.3 Å². The number of halogens is 1. The van der Waals surface area contributed by atoms with E-state index in [4.69, 9.17) is 0 Å². The topological polar surface area (TPSA) is 39.7 Å². The van der Waals surface area contributed by atoms with Gasteiger partial charge in [-0.15, -0.1) is 24.0 Å². The summed E-state index contributed by atoms with van der Waals surface area (Å²) < 4.78 is 0. The Balaban J connectivity index is 0.00000200. The van der Waals surface area contributed by atoms with Crippen LogP contribution in [-0.4, -0.2) is 50.1 Å². The van der Waals surface area contributed by atoms with Gasteiger partial charge in [0.05, 0.1) is 0 Å². The summed E-state index contributed by atoms with van der Waals surface area (Å²) in [6.07, 6.45) is 5.45. The zero-order valence-electron chi connectivity index (χ0n) is 13.2. The second-order valence-electron chi connectivity index (χ2n) is 6.38. The van der Waals surface area contributed by atoms with Crippen LogP contribution in [0.2, 0.25) is 0 Å². The van der Waals surface area contributed by atoms with Crippen molar-refractivity contribution in [3.63, 3.8) is 0 Å². The van der Waals surface area contributed by atoms with Crippen LogP contribution >= 0.6 is 24.0 Å². The van der Waals surface area contributed by atoms with Gasteiger partial charge < -0.3 is 15.5 Å². The van der Waals surface area contributed by atoms with Gasteiger partial charge in [-0.2, -0.15) is 0 Å². The predicted molar refractivity (Wildman–Crippen MR) is 96.9 cm³/mol. The van der Waals surface area contributed by atoms with Crippen LogP contribution in [0.15, 0.2) is 4.99 Å². The summed E-state index contributed by atoms with van der Waals surface area (Å²) in [6, 6.07) is 0.642. The molecule has 0 spiro atoms. The maximum absolute atomic E-state index is 4.30. The molecule has 20 heavy (non-hydrogen) atoms. The lowest BCUT2D eigenvalue weighted by Crippen LogP contribution is -2.43. The fraction of sp³-hybridized carbons (Fsp3) is 0.933. The van der Waals surface area contributed by atoms with Crippen molar-refractivity contribution >= 4 is 29.9 Å². The summed E-state index contributed by atoms with van der Waals surface area (Å²) in [7, 11) is 1.86.